The standard InChI is InChI=1S/C19H23BrO2S/c1-21-17-10-9-14(11-12-23-3)16(13-20)18(17)19(22-2)15-7-5-4-6-8-15/h4-10,19H,11-13H2,1-3H3. The van der Waals surface area contributed by atoms with Crippen molar-refractivity contribution in [2.24, 2.45) is 0 Å². The number of methoxy groups -OCH3 is 2. The Labute approximate surface area is 151 Å². The molecule has 0 amide bonds. The zero-order valence-corrected chi connectivity index (χ0v) is 16.2. The van der Waals surface area contributed by atoms with E-state index in [1.54, 1.807) is 14.2 Å². The number of aryl methyl sites for hydroxylation is 1. The monoisotopic (exact) mass is 394 g/mol. The fourth-order valence-electron chi connectivity index (χ4n) is 2.81. The van der Waals surface area contributed by atoms with Crippen molar-refractivity contribution in [2.45, 2.75) is 17.9 Å². The van der Waals surface area contributed by atoms with E-state index in [1.165, 1.54) is 11.1 Å². The van der Waals surface area contributed by atoms with Crippen molar-refractivity contribution in [1.29, 1.82) is 0 Å². The van der Waals surface area contributed by atoms with Gasteiger partial charge >= 0.3 is 0 Å². The second-order valence-corrected chi connectivity index (χ2v) is 6.77. The molecule has 0 bridgehead atoms. The van der Waals surface area contributed by atoms with E-state index in [-0.39, 0.29) is 6.10 Å². The molecule has 0 aliphatic rings. The summed E-state index contributed by atoms with van der Waals surface area (Å²) >= 11 is 5.53. The van der Waals surface area contributed by atoms with Gasteiger partial charge in [-0.05, 0) is 41.2 Å². The van der Waals surface area contributed by atoms with E-state index in [9.17, 15) is 0 Å². The second-order valence-electron chi connectivity index (χ2n) is 5.22. The van der Waals surface area contributed by atoms with Gasteiger partial charge in [0.05, 0.1) is 7.11 Å². The molecule has 124 valence electrons. The van der Waals surface area contributed by atoms with E-state index in [4.69, 9.17) is 9.47 Å². The molecule has 0 saturated carbocycles. The fourth-order valence-corrected chi connectivity index (χ4v) is 3.89. The number of alkyl halides is 1. The van der Waals surface area contributed by atoms with Crippen LogP contribution in [-0.4, -0.2) is 26.2 Å². The first-order valence-electron chi connectivity index (χ1n) is 7.58. The third-order valence-corrected chi connectivity index (χ3v) is 5.12. The van der Waals surface area contributed by atoms with E-state index < -0.39 is 0 Å². The van der Waals surface area contributed by atoms with Crippen LogP contribution in [0.2, 0.25) is 0 Å². The molecule has 0 fully saturated rings. The van der Waals surface area contributed by atoms with Gasteiger partial charge in [-0.25, -0.2) is 0 Å². The van der Waals surface area contributed by atoms with Gasteiger partial charge in [0.1, 0.15) is 11.9 Å². The molecule has 2 aromatic rings. The first-order chi connectivity index (χ1) is 11.3. The summed E-state index contributed by atoms with van der Waals surface area (Å²) in [4.78, 5) is 0. The van der Waals surface area contributed by atoms with Crippen LogP contribution in [-0.2, 0) is 16.5 Å². The highest BCUT2D eigenvalue weighted by Gasteiger charge is 2.23. The van der Waals surface area contributed by atoms with Gasteiger partial charge in [0.15, 0.2) is 0 Å². The molecule has 2 rings (SSSR count). The maximum absolute atomic E-state index is 5.86. The number of halogens is 1. The summed E-state index contributed by atoms with van der Waals surface area (Å²) in [5.74, 6) is 1.98. The van der Waals surface area contributed by atoms with E-state index in [2.05, 4.69) is 46.5 Å². The summed E-state index contributed by atoms with van der Waals surface area (Å²) in [6.07, 6.45) is 3.05. The van der Waals surface area contributed by atoms with Gasteiger partial charge in [0, 0.05) is 18.0 Å². The number of thioether (sulfide) groups is 1. The highest BCUT2D eigenvalue weighted by Crippen LogP contribution is 2.38. The van der Waals surface area contributed by atoms with Gasteiger partial charge in [-0.2, -0.15) is 11.8 Å². The van der Waals surface area contributed by atoms with E-state index in [1.807, 2.05) is 30.0 Å². The zero-order valence-electron chi connectivity index (χ0n) is 13.8. The largest absolute Gasteiger partial charge is 0.496 e. The van der Waals surface area contributed by atoms with Crippen LogP contribution in [0.3, 0.4) is 0 Å². The zero-order chi connectivity index (χ0) is 16.7. The maximum atomic E-state index is 5.86. The lowest BCUT2D eigenvalue weighted by Crippen LogP contribution is -2.11. The third kappa shape index (κ3) is 4.31. The molecule has 0 N–H and O–H groups in total. The minimum absolute atomic E-state index is 0.132. The summed E-state index contributed by atoms with van der Waals surface area (Å²) in [7, 11) is 3.47. The Hall–Kier alpha value is -0.970. The molecule has 1 unspecified atom stereocenters. The van der Waals surface area contributed by atoms with Gasteiger partial charge in [0.25, 0.3) is 0 Å². The van der Waals surface area contributed by atoms with Gasteiger partial charge in [-0.1, -0.05) is 52.3 Å². The SMILES string of the molecule is COc1ccc(CCSC)c(CBr)c1C(OC)c1ccccc1. The van der Waals surface area contributed by atoms with Crippen LogP contribution in [0.1, 0.15) is 28.4 Å². The molecule has 1 atom stereocenters. The van der Waals surface area contributed by atoms with Gasteiger partial charge in [-0.3, -0.25) is 0 Å². The third-order valence-electron chi connectivity index (χ3n) is 3.94. The maximum Gasteiger partial charge on any atom is 0.125 e. The number of ether oxygens (including phenoxy) is 2. The average molecular weight is 395 g/mol. The number of benzene rings is 2. The predicted octanol–water partition coefficient (Wildman–Crippen LogP) is 5.23. The van der Waals surface area contributed by atoms with Crippen LogP contribution < -0.4 is 4.74 Å². The van der Waals surface area contributed by atoms with Crippen LogP contribution in [0.15, 0.2) is 42.5 Å². The Morgan fingerprint density at radius 1 is 1.09 bits per heavy atom. The summed E-state index contributed by atoms with van der Waals surface area (Å²) in [5, 5.41) is 0.788. The number of hydrogen-bond donors (Lipinski definition) is 0. The molecule has 0 heterocycles. The molecule has 2 nitrogen and oxygen atoms in total. The molecule has 0 aromatic heterocycles. The van der Waals surface area contributed by atoms with Gasteiger partial charge < -0.3 is 9.47 Å². The molecular formula is C19H23BrO2S. The second kappa shape index (κ2) is 9.36. The molecule has 0 spiro atoms. The molecular weight excluding hydrogens is 372 g/mol. The molecule has 0 aliphatic heterocycles. The predicted molar refractivity (Wildman–Crippen MR) is 103 cm³/mol. The van der Waals surface area contributed by atoms with Crippen LogP contribution in [0, 0.1) is 0 Å². The van der Waals surface area contributed by atoms with Gasteiger partial charge in [0.2, 0.25) is 0 Å². The number of hydrogen-bond acceptors (Lipinski definition) is 3. The van der Waals surface area contributed by atoms with Crippen molar-refractivity contribution in [1.82, 2.24) is 0 Å². The molecule has 0 saturated heterocycles. The Morgan fingerprint density at radius 2 is 1.83 bits per heavy atom. The highest BCUT2D eigenvalue weighted by molar-refractivity contribution is 9.08. The summed E-state index contributed by atoms with van der Waals surface area (Å²) in [6, 6.07) is 14.5. The lowest BCUT2D eigenvalue weighted by Gasteiger charge is -2.24. The van der Waals surface area contributed by atoms with Crippen molar-refractivity contribution < 1.29 is 9.47 Å². The number of rotatable bonds is 8. The van der Waals surface area contributed by atoms with Crippen molar-refractivity contribution in [3.63, 3.8) is 0 Å². The Morgan fingerprint density at radius 3 is 2.39 bits per heavy atom. The van der Waals surface area contributed by atoms with E-state index in [0.29, 0.717) is 0 Å². The first kappa shape index (κ1) is 18.4. The first-order valence-corrected chi connectivity index (χ1v) is 10.1. The minimum atomic E-state index is -0.132. The fraction of sp³-hybridized carbons (Fsp3) is 0.368. The van der Waals surface area contributed by atoms with E-state index in [0.717, 1.165) is 34.4 Å². The molecule has 4 heteroatoms. The molecule has 2 aromatic carbocycles. The minimum Gasteiger partial charge on any atom is -0.496 e. The van der Waals surface area contributed by atoms with Crippen molar-refractivity contribution in [3.8, 4) is 5.75 Å². The summed E-state index contributed by atoms with van der Waals surface area (Å²) in [6.45, 7) is 0. The topological polar surface area (TPSA) is 18.5 Å². The van der Waals surface area contributed by atoms with Crippen molar-refractivity contribution in [3.05, 3.63) is 64.7 Å². The Balaban J connectivity index is 2.56. The quantitative estimate of drug-likeness (QED) is 0.570. The van der Waals surface area contributed by atoms with Crippen LogP contribution in [0.5, 0.6) is 5.75 Å². The van der Waals surface area contributed by atoms with E-state index >= 15 is 0 Å². The summed E-state index contributed by atoms with van der Waals surface area (Å²) < 4.78 is 11.5. The molecule has 23 heavy (non-hydrogen) atoms. The van der Waals surface area contributed by atoms with Crippen LogP contribution in [0.4, 0.5) is 0 Å². The lowest BCUT2D eigenvalue weighted by molar-refractivity contribution is 0.133. The Bertz CT molecular complexity index is 616. The average Bonchev–Trinajstić information content (AvgIpc) is 2.61. The van der Waals surface area contributed by atoms with Crippen LogP contribution >= 0.6 is 27.7 Å². The Kier molecular flexibility index (Phi) is 7.47. The highest BCUT2D eigenvalue weighted by atomic mass is 79.9. The van der Waals surface area contributed by atoms with Crippen LogP contribution in [0.25, 0.3) is 0 Å². The van der Waals surface area contributed by atoms with Crippen molar-refractivity contribution in [2.75, 3.05) is 26.2 Å². The molecule has 0 radical (unpaired) electrons. The van der Waals surface area contributed by atoms with Crippen molar-refractivity contribution >= 4 is 27.7 Å². The molecule has 0 aliphatic carbocycles. The lowest BCUT2D eigenvalue weighted by atomic mass is 9.92. The smallest absolute Gasteiger partial charge is 0.125 e. The van der Waals surface area contributed by atoms with Gasteiger partial charge in [-0.15, -0.1) is 0 Å². The summed E-state index contributed by atoms with van der Waals surface area (Å²) in [5.41, 5.74) is 4.88. The normalized spacial score (nSPS) is 12.2.